The highest BCUT2D eigenvalue weighted by Gasteiger charge is 2.20. The maximum Gasteiger partial charge on any atom is 0.305 e. The summed E-state index contributed by atoms with van der Waals surface area (Å²) < 4.78 is 5.52. The van der Waals surface area contributed by atoms with Crippen molar-refractivity contribution in [3.8, 4) is 0 Å². The summed E-state index contributed by atoms with van der Waals surface area (Å²) in [5.41, 5.74) is 0. The Labute approximate surface area is 521 Å². The largest absolute Gasteiger partial charge is 0.466 e. The Kier molecular flexibility index (Phi) is 72.3. The van der Waals surface area contributed by atoms with Gasteiger partial charge in [-0.05, 0) is 25.7 Å². The van der Waals surface area contributed by atoms with Crippen LogP contribution in [0, 0.1) is 0 Å². The number of aliphatic hydroxyl groups is 2. The molecule has 6 nitrogen and oxygen atoms in total. The maximum absolute atomic E-state index is 12.6. The van der Waals surface area contributed by atoms with Gasteiger partial charge in [-0.3, -0.25) is 9.59 Å². The van der Waals surface area contributed by atoms with Gasteiger partial charge in [0.05, 0.1) is 25.4 Å². The highest BCUT2D eigenvalue weighted by molar-refractivity contribution is 5.76. The first-order valence-electron chi connectivity index (χ1n) is 38.8. The summed E-state index contributed by atoms with van der Waals surface area (Å²) in [7, 11) is 0. The second kappa shape index (κ2) is 73.3. The lowest BCUT2D eigenvalue weighted by molar-refractivity contribution is -0.143. The van der Waals surface area contributed by atoms with Crippen LogP contribution in [0.2, 0.25) is 0 Å². The average Bonchev–Trinajstić information content (AvgIpc) is 3.49. The van der Waals surface area contributed by atoms with E-state index in [0.29, 0.717) is 25.9 Å². The number of esters is 1. The van der Waals surface area contributed by atoms with Gasteiger partial charge in [0, 0.05) is 12.8 Å². The van der Waals surface area contributed by atoms with Crippen LogP contribution in [0.4, 0.5) is 0 Å². The summed E-state index contributed by atoms with van der Waals surface area (Å²) in [4.78, 5) is 24.7. The maximum atomic E-state index is 12.6. The van der Waals surface area contributed by atoms with Crippen molar-refractivity contribution >= 4 is 11.9 Å². The highest BCUT2D eigenvalue weighted by atomic mass is 16.5. The van der Waals surface area contributed by atoms with Crippen molar-refractivity contribution in [1.29, 1.82) is 0 Å². The lowest BCUT2D eigenvalue weighted by atomic mass is 10.0. The van der Waals surface area contributed by atoms with E-state index in [-0.39, 0.29) is 18.5 Å². The van der Waals surface area contributed by atoms with E-state index in [4.69, 9.17) is 4.74 Å². The number of rotatable bonds is 74. The first kappa shape index (κ1) is 81.9. The van der Waals surface area contributed by atoms with E-state index in [1.54, 1.807) is 0 Å². The molecule has 2 atom stereocenters. The van der Waals surface area contributed by atoms with Crippen molar-refractivity contribution in [3.63, 3.8) is 0 Å². The number of hydrogen-bond donors (Lipinski definition) is 3. The molecule has 2 unspecified atom stereocenters. The number of unbranched alkanes of at least 4 members (excludes halogenated alkanes) is 63. The molecule has 0 aromatic heterocycles. The molecule has 0 rings (SSSR count). The summed E-state index contributed by atoms with van der Waals surface area (Å²) in [5, 5.41) is 23.4. The van der Waals surface area contributed by atoms with Gasteiger partial charge in [0.2, 0.25) is 5.91 Å². The van der Waals surface area contributed by atoms with Gasteiger partial charge in [-0.2, -0.15) is 0 Å². The van der Waals surface area contributed by atoms with Gasteiger partial charge in [-0.25, -0.2) is 0 Å². The molecule has 0 saturated heterocycles. The third-order valence-electron chi connectivity index (χ3n) is 18.7. The highest BCUT2D eigenvalue weighted by Crippen LogP contribution is 2.20. The van der Waals surface area contributed by atoms with Crippen LogP contribution in [0.1, 0.15) is 457 Å². The van der Waals surface area contributed by atoms with E-state index in [1.165, 1.54) is 385 Å². The molecule has 83 heavy (non-hydrogen) atoms. The first-order valence-corrected chi connectivity index (χ1v) is 38.8. The van der Waals surface area contributed by atoms with Gasteiger partial charge < -0.3 is 20.3 Å². The molecule has 0 saturated carbocycles. The number of aliphatic hydroxyl groups excluding tert-OH is 2. The fraction of sp³-hybridized carbons (Fsp3) is 0.974. The molecule has 1 amide bonds. The van der Waals surface area contributed by atoms with Crippen molar-refractivity contribution in [2.24, 2.45) is 0 Å². The molecule has 0 heterocycles. The zero-order valence-electron chi connectivity index (χ0n) is 57.0. The average molecular weight is 1170 g/mol. The summed E-state index contributed by atoms with van der Waals surface area (Å²) in [5.74, 6) is -0.00118. The molecule has 0 radical (unpaired) electrons. The molecule has 6 heteroatoms. The fourth-order valence-corrected chi connectivity index (χ4v) is 12.8. The topological polar surface area (TPSA) is 95.9 Å². The van der Waals surface area contributed by atoms with E-state index in [1.807, 2.05) is 0 Å². The van der Waals surface area contributed by atoms with Crippen LogP contribution in [0.3, 0.4) is 0 Å². The minimum absolute atomic E-state index is 0.0249. The van der Waals surface area contributed by atoms with Crippen molar-refractivity contribution in [1.82, 2.24) is 5.32 Å². The van der Waals surface area contributed by atoms with E-state index < -0.39 is 12.1 Å². The third kappa shape index (κ3) is 69.8. The summed E-state index contributed by atoms with van der Waals surface area (Å²) >= 11 is 0. The van der Waals surface area contributed by atoms with E-state index in [2.05, 4.69) is 19.2 Å². The second-order valence-corrected chi connectivity index (χ2v) is 27.1. The molecular formula is C77H153NO5. The molecular weight excluding hydrogens is 1020 g/mol. The Balaban J connectivity index is 3.32. The normalized spacial score (nSPS) is 12.4. The van der Waals surface area contributed by atoms with E-state index >= 15 is 0 Å². The molecule has 0 fully saturated rings. The lowest BCUT2D eigenvalue weighted by Gasteiger charge is -2.22. The van der Waals surface area contributed by atoms with Gasteiger partial charge in [-0.15, -0.1) is 0 Å². The molecule has 0 aliphatic carbocycles. The van der Waals surface area contributed by atoms with Gasteiger partial charge in [0.1, 0.15) is 0 Å². The van der Waals surface area contributed by atoms with Gasteiger partial charge >= 0.3 is 5.97 Å². The zero-order valence-corrected chi connectivity index (χ0v) is 57.0. The molecule has 0 aromatic rings. The van der Waals surface area contributed by atoms with Crippen LogP contribution in [-0.4, -0.2) is 47.4 Å². The monoisotopic (exact) mass is 1170 g/mol. The Morgan fingerprint density at radius 3 is 0.735 bits per heavy atom. The van der Waals surface area contributed by atoms with Gasteiger partial charge in [-0.1, -0.05) is 418 Å². The number of carbonyl (C=O) groups excluding carboxylic acids is 2. The Hall–Kier alpha value is -1.14. The first-order chi connectivity index (χ1) is 41.0. The molecule has 0 aromatic carbocycles. The third-order valence-corrected chi connectivity index (χ3v) is 18.7. The minimum atomic E-state index is -0.662. The fourth-order valence-electron chi connectivity index (χ4n) is 12.8. The molecule has 0 bridgehead atoms. The van der Waals surface area contributed by atoms with Crippen molar-refractivity contribution in [2.75, 3.05) is 13.2 Å². The number of hydrogen-bond acceptors (Lipinski definition) is 5. The lowest BCUT2D eigenvalue weighted by Crippen LogP contribution is -2.45. The van der Waals surface area contributed by atoms with E-state index in [0.717, 1.165) is 38.5 Å². The summed E-state index contributed by atoms with van der Waals surface area (Å²) in [6, 6.07) is -0.539. The Bertz CT molecular complexity index is 1210. The SMILES string of the molecule is CCCCCCCCCCCCCCCCCCCCCCC(O)C(CO)NC(=O)CCCCCCCCCCCCCCCCCCCCCCCCCCCCCCOC(=O)CCCCCCCCCCCCCCCCCCCC. The van der Waals surface area contributed by atoms with Crippen molar-refractivity contribution in [3.05, 3.63) is 0 Å². The Morgan fingerprint density at radius 1 is 0.289 bits per heavy atom. The number of ether oxygens (including phenoxy) is 1. The zero-order chi connectivity index (χ0) is 59.9. The van der Waals surface area contributed by atoms with Crippen LogP contribution < -0.4 is 5.32 Å². The van der Waals surface area contributed by atoms with Gasteiger partial charge in [0.15, 0.2) is 0 Å². The molecule has 496 valence electrons. The predicted octanol–water partition coefficient (Wildman–Crippen LogP) is 25.3. The molecule has 3 N–H and O–H groups in total. The summed E-state index contributed by atoms with van der Waals surface area (Å²) in [6.45, 7) is 5.02. The number of amides is 1. The van der Waals surface area contributed by atoms with Gasteiger partial charge in [0.25, 0.3) is 0 Å². The second-order valence-electron chi connectivity index (χ2n) is 27.1. The van der Waals surface area contributed by atoms with Crippen molar-refractivity contribution < 1.29 is 24.5 Å². The summed E-state index contributed by atoms with van der Waals surface area (Å²) in [6.07, 6.45) is 90.4. The van der Waals surface area contributed by atoms with Crippen LogP contribution >= 0.6 is 0 Å². The van der Waals surface area contributed by atoms with Crippen LogP contribution in [0.15, 0.2) is 0 Å². The van der Waals surface area contributed by atoms with Crippen LogP contribution in [0.25, 0.3) is 0 Å². The van der Waals surface area contributed by atoms with Crippen molar-refractivity contribution in [2.45, 2.75) is 469 Å². The Morgan fingerprint density at radius 2 is 0.494 bits per heavy atom. The number of carbonyl (C=O) groups is 2. The molecule has 0 aliphatic heterocycles. The smallest absolute Gasteiger partial charge is 0.305 e. The minimum Gasteiger partial charge on any atom is -0.466 e. The van der Waals surface area contributed by atoms with Crippen LogP contribution in [0.5, 0.6) is 0 Å². The number of nitrogens with one attached hydrogen (secondary N) is 1. The predicted molar refractivity (Wildman–Crippen MR) is 366 cm³/mol. The molecule has 0 aliphatic rings. The standard InChI is InChI=1S/C77H153NO5/c1-3-5-7-9-11-13-15-17-19-21-23-34-37-41-45-49-53-57-61-65-69-75(80)74(73-79)78-76(81)70-66-62-58-54-50-46-42-38-35-32-30-28-26-24-25-27-29-31-33-36-40-44-48-52-56-60-64-68-72-83-77(82)71-67-63-59-55-51-47-43-39-22-20-18-16-14-12-10-8-6-4-2/h74-75,79-80H,3-73H2,1-2H3,(H,78,81). The quantitative estimate of drug-likeness (QED) is 0.0417. The molecule has 0 spiro atoms. The van der Waals surface area contributed by atoms with E-state index in [9.17, 15) is 19.8 Å². The van der Waals surface area contributed by atoms with Crippen LogP contribution in [-0.2, 0) is 14.3 Å².